The number of aromatic nitrogens is 1. The first-order valence-electron chi connectivity index (χ1n) is 22.4. The summed E-state index contributed by atoms with van der Waals surface area (Å²) in [5.41, 5.74) is 19.7. The van der Waals surface area contributed by atoms with E-state index < -0.39 is 0 Å². The van der Waals surface area contributed by atoms with E-state index in [1.165, 1.54) is 55.3 Å². The Balaban J connectivity index is 0.000000625. The van der Waals surface area contributed by atoms with E-state index in [1.54, 1.807) is 11.3 Å². The van der Waals surface area contributed by atoms with Crippen LogP contribution >= 0.6 is 11.3 Å². The van der Waals surface area contributed by atoms with Crippen molar-refractivity contribution in [3.8, 4) is 5.69 Å². The second-order valence-electron chi connectivity index (χ2n) is 15.1. The standard InChI is InChI=1S/C51H48N2.C5H7NS.C2H6.C2H4/c1-5-18-40(38(4)41-21-9-7-10-22-41)31-30-39-20-17-23-44(35-39)52-49-28-15-13-26-46(49)37(3)34-42(19-6-2)43-32-33-51-48(36-43)47-27-14-16-29-50(47)53(51)45-24-11-8-12-25-45;6-3-5-1-2-7-4-5;2*1-2/h5-25,27-29,31-36,38,46,52H,3,26,30H2,1-2,4H3;1-2,4H,3,6H2;1-2H3;1-2H2/b18-5-,19-6-,40-31+,42-34+;;;. The van der Waals surface area contributed by atoms with E-state index in [0.717, 1.165) is 35.4 Å². The minimum atomic E-state index is 0.139. The highest BCUT2D eigenvalue weighted by atomic mass is 32.1. The lowest BCUT2D eigenvalue weighted by Crippen LogP contribution is -2.15. The highest BCUT2D eigenvalue weighted by Crippen LogP contribution is 2.36. The molecule has 3 nitrogen and oxygen atoms in total. The second kappa shape index (κ2) is 25.4. The number of hydrogen-bond acceptors (Lipinski definition) is 3. The molecule has 5 aromatic carbocycles. The Bertz CT molecular complexity index is 2720. The summed E-state index contributed by atoms with van der Waals surface area (Å²) in [6.07, 6.45) is 21.7. The summed E-state index contributed by atoms with van der Waals surface area (Å²) in [5, 5.41) is 10.4. The topological polar surface area (TPSA) is 43.0 Å². The molecule has 64 heavy (non-hydrogen) atoms. The number of nitrogens with two attached hydrogens (primary N) is 1. The summed E-state index contributed by atoms with van der Waals surface area (Å²) in [6, 6.07) is 47.7. The Hall–Kier alpha value is -6.72. The van der Waals surface area contributed by atoms with E-state index in [-0.39, 0.29) is 5.92 Å². The van der Waals surface area contributed by atoms with E-state index in [1.807, 2.05) is 25.3 Å². The maximum atomic E-state index is 5.30. The minimum Gasteiger partial charge on any atom is -0.358 e. The van der Waals surface area contributed by atoms with Gasteiger partial charge in [-0.2, -0.15) is 11.3 Å². The van der Waals surface area contributed by atoms with Gasteiger partial charge in [0.1, 0.15) is 0 Å². The largest absolute Gasteiger partial charge is 0.358 e. The van der Waals surface area contributed by atoms with Crippen molar-refractivity contribution in [1.29, 1.82) is 0 Å². The molecule has 3 N–H and O–H groups in total. The first kappa shape index (κ1) is 48.3. The van der Waals surface area contributed by atoms with Crippen LogP contribution in [0.15, 0.2) is 235 Å². The van der Waals surface area contributed by atoms with E-state index in [2.05, 4.69) is 238 Å². The number of hydrogen-bond donors (Lipinski definition) is 2. The fraction of sp³-hybridized carbons (Fsp3) is 0.167. The van der Waals surface area contributed by atoms with Gasteiger partial charge in [-0.1, -0.05) is 161 Å². The zero-order valence-corrected chi connectivity index (χ0v) is 39.2. The van der Waals surface area contributed by atoms with Crippen molar-refractivity contribution in [2.24, 2.45) is 11.7 Å². The van der Waals surface area contributed by atoms with Crippen LogP contribution in [0.4, 0.5) is 5.69 Å². The first-order chi connectivity index (χ1) is 31.5. The average molecular weight is 860 g/mol. The van der Waals surface area contributed by atoms with Crippen LogP contribution in [0, 0.1) is 5.92 Å². The van der Waals surface area contributed by atoms with Gasteiger partial charge in [-0.25, -0.2) is 0 Å². The van der Waals surface area contributed by atoms with Gasteiger partial charge in [0, 0.05) is 46.2 Å². The van der Waals surface area contributed by atoms with Gasteiger partial charge in [0.15, 0.2) is 0 Å². The van der Waals surface area contributed by atoms with Gasteiger partial charge >= 0.3 is 0 Å². The zero-order chi connectivity index (χ0) is 45.7. The zero-order valence-electron chi connectivity index (χ0n) is 38.4. The fourth-order valence-electron chi connectivity index (χ4n) is 7.93. The summed E-state index contributed by atoms with van der Waals surface area (Å²) < 4.78 is 2.36. The third-order valence-corrected chi connectivity index (χ3v) is 11.8. The lowest BCUT2D eigenvalue weighted by atomic mass is 9.87. The Kier molecular flexibility index (Phi) is 19.2. The Labute approximate surface area is 387 Å². The molecule has 0 radical (unpaired) electrons. The number of allylic oxidation sites excluding steroid dienone is 12. The van der Waals surface area contributed by atoms with Crippen molar-refractivity contribution in [3.63, 3.8) is 0 Å². The van der Waals surface area contributed by atoms with Gasteiger partial charge in [0.25, 0.3) is 0 Å². The monoisotopic (exact) mass is 859 g/mol. The predicted octanol–water partition coefficient (Wildman–Crippen LogP) is 16.8. The highest BCUT2D eigenvalue weighted by molar-refractivity contribution is 7.07. The molecule has 4 heteroatoms. The van der Waals surface area contributed by atoms with Crippen LogP contribution in [0.1, 0.15) is 69.2 Å². The molecule has 8 rings (SSSR count). The van der Waals surface area contributed by atoms with Crippen LogP contribution < -0.4 is 11.1 Å². The quantitative estimate of drug-likeness (QED) is 0.0896. The molecule has 0 saturated carbocycles. The highest BCUT2D eigenvalue weighted by Gasteiger charge is 2.19. The van der Waals surface area contributed by atoms with Gasteiger partial charge in [0.05, 0.1) is 11.0 Å². The van der Waals surface area contributed by atoms with Gasteiger partial charge in [0.2, 0.25) is 0 Å². The number of nitrogens with zero attached hydrogens (tertiary/aromatic N) is 1. The van der Waals surface area contributed by atoms with Crippen molar-refractivity contribution in [1.82, 2.24) is 4.57 Å². The number of rotatable bonds is 13. The molecular formula is C60H65N3S. The van der Waals surface area contributed by atoms with E-state index in [9.17, 15) is 0 Å². The predicted molar refractivity (Wildman–Crippen MR) is 284 cm³/mol. The molecule has 0 aliphatic heterocycles. The first-order valence-corrected chi connectivity index (χ1v) is 23.3. The molecule has 2 aromatic heterocycles. The van der Waals surface area contributed by atoms with Crippen molar-refractivity contribution in [3.05, 3.63) is 258 Å². The Morgan fingerprint density at radius 3 is 2.19 bits per heavy atom. The van der Waals surface area contributed by atoms with E-state index >= 15 is 0 Å². The SMILES string of the molecule is C=C.C=C(/C=C(\C=C/C)c1ccc2c(c1)c1ccccc1n2-c1ccccc1)C1CC=CC=C1Nc1cccc(C/C=C(\C=C/C)C(C)c2ccccc2)c1.CC.NCc1ccsc1. The molecule has 0 saturated heterocycles. The maximum absolute atomic E-state index is 5.30. The number of para-hydroxylation sites is 2. The fourth-order valence-corrected chi connectivity index (χ4v) is 8.61. The lowest BCUT2D eigenvalue weighted by Gasteiger charge is -2.24. The van der Waals surface area contributed by atoms with Crippen LogP contribution in [0.2, 0.25) is 0 Å². The molecule has 0 fully saturated rings. The van der Waals surface area contributed by atoms with Crippen LogP contribution in [0.3, 0.4) is 0 Å². The van der Waals surface area contributed by atoms with E-state index in [4.69, 9.17) is 5.73 Å². The van der Waals surface area contributed by atoms with Gasteiger partial charge in [-0.05, 0) is 131 Å². The minimum absolute atomic E-state index is 0.139. The summed E-state index contributed by atoms with van der Waals surface area (Å²) >= 11 is 1.68. The van der Waals surface area contributed by atoms with Gasteiger partial charge in [-0.15, -0.1) is 13.2 Å². The molecule has 2 heterocycles. The third kappa shape index (κ3) is 12.5. The van der Waals surface area contributed by atoms with Crippen LogP contribution in [-0.2, 0) is 13.0 Å². The summed E-state index contributed by atoms with van der Waals surface area (Å²) in [5.74, 6) is 0.470. The van der Waals surface area contributed by atoms with Gasteiger partial charge in [-0.3, -0.25) is 0 Å². The molecule has 326 valence electrons. The number of nitrogens with one attached hydrogen (secondary N) is 1. The normalized spacial score (nSPS) is 14.2. The molecular weight excluding hydrogens is 795 g/mol. The number of anilines is 1. The molecule has 0 spiro atoms. The molecule has 7 aromatic rings. The molecule has 2 unspecified atom stereocenters. The van der Waals surface area contributed by atoms with Crippen molar-refractivity contribution >= 4 is 44.4 Å². The molecule has 2 atom stereocenters. The summed E-state index contributed by atoms with van der Waals surface area (Å²) in [7, 11) is 0. The number of benzene rings is 5. The summed E-state index contributed by atoms with van der Waals surface area (Å²) in [4.78, 5) is 0. The van der Waals surface area contributed by atoms with Crippen molar-refractivity contribution in [2.75, 3.05) is 5.32 Å². The average Bonchev–Trinajstić information content (AvgIpc) is 4.01. The van der Waals surface area contributed by atoms with Crippen LogP contribution in [0.5, 0.6) is 0 Å². The van der Waals surface area contributed by atoms with E-state index in [0.29, 0.717) is 12.5 Å². The summed E-state index contributed by atoms with van der Waals surface area (Å²) in [6.45, 7) is 21.8. The molecule has 0 bridgehead atoms. The van der Waals surface area contributed by atoms with Crippen molar-refractivity contribution in [2.45, 2.75) is 59.9 Å². The lowest BCUT2D eigenvalue weighted by molar-refractivity contribution is 0.741. The molecule has 0 amide bonds. The molecule has 1 aliphatic carbocycles. The second-order valence-corrected chi connectivity index (χ2v) is 15.9. The third-order valence-electron chi connectivity index (χ3n) is 11.1. The number of fused-ring (bicyclic) bond motifs is 3. The van der Waals surface area contributed by atoms with Crippen LogP contribution in [0.25, 0.3) is 33.1 Å². The Morgan fingerprint density at radius 2 is 1.50 bits per heavy atom. The van der Waals surface area contributed by atoms with Gasteiger partial charge < -0.3 is 15.6 Å². The smallest absolute Gasteiger partial charge is 0.0541 e. The maximum Gasteiger partial charge on any atom is 0.0541 e. The molecule has 1 aliphatic rings. The van der Waals surface area contributed by atoms with Crippen LogP contribution in [-0.4, -0.2) is 4.57 Å². The van der Waals surface area contributed by atoms with Crippen molar-refractivity contribution < 1.29 is 0 Å². The Morgan fingerprint density at radius 1 is 0.797 bits per heavy atom. The number of thiophene rings is 1.